The lowest BCUT2D eigenvalue weighted by Crippen LogP contribution is -2.12. The Kier molecular flexibility index (Phi) is 4.71. The summed E-state index contributed by atoms with van der Waals surface area (Å²) < 4.78 is 2.13. The normalized spacial score (nSPS) is 11.1. The van der Waals surface area contributed by atoms with Crippen molar-refractivity contribution in [1.82, 2.24) is 4.57 Å². The maximum Gasteiger partial charge on any atom is 0.249 e. The Bertz CT molecular complexity index is 1500. The van der Waals surface area contributed by atoms with E-state index in [0.29, 0.717) is 17.7 Å². The number of hydrogen-bond donors (Lipinski definition) is 2. The van der Waals surface area contributed by atoms with E-state index in [1.807, 2.05) is 60.7 Å². The monoisotopic (exact) mass is 418 g/mol. The Morgan fingerprint density at radius 3 is 2.31 bits per heavy atom. The van der Waals surface area contributed by atoms with Crippen LogP contribution in [0, 0.1) is 6.07 Å². The van der Waals surface area contributed by atoms with Crippen molar-refractivity contribution in [3.8, 4) is 11.1 Å². The zero-order valence-corrected chi connectivity index (χ0v) is 17.2. The fraction of sp³-hybridized carbons (Fsp3) is 0.0370. The molecule has 0 atom stereocenters. The predicted octanol–water partition coefficient (Wildman–Crippen LogP) is 4.51. The molecule has 0 spiro atoms. The van der Waals surface area contributed by atoms with Crippen molar-refractivity contribution in [3.63, 3.8) is 0 Å². The highest BCUT2D eigenvalue weighted by Crippen LogP contribution is 2.34. The van der Waals surface area contributed by atoms with E-state index in [-0.39, 0.29) is 0 Å². The van der Waals surface area contributed by atoms with E-state index >= 15 is 0 Å². The van der Waals surface area contributed by atoms with Crippen LogP contribution in [-0.2, 0) is 6.54 Å². The van der Waals surface area contributed by atoms with E-state index in [0.717, 1.165) is 38.5 Å². The van der Waals surface area contributed by atoms with Gasteiger partial charge in [-0.2, -0.15) is 0 Å². The second kappa shape index (κ2) is 7.71. The summed E-state index contributed by atoms with van der Waals surface area (Å²) in [7, 11) is 0. The quantitative estimate of drug-likeness (QED) is 0.440. The van der Waals surface area contributed by atoms with Crippen molar-refractivity contribution in [2.24, 2.45) is 11.5 Å². The lowest BCUT2D eigenvalue weighted by Gasteiger charge is -2.10. The van der Waals surface area contributed by atoms with Crippen molar-refractivity contribution in [2.75, 3.05) is 0 Å². The Hall–Kier alpha value is -4.38. The number of benzene rings is 4. The van der Waals surface area contributed by atoms with Gasteiger partial charge in [-0.15, -0.1) is 0 Å². The second-order valence-corrected chi connectivity index (χ2v) is 7.73. The van der Waals surface area contributed by atoms with Crippen LogP contribution in [0.3, 0.4) is 0 Å². The summed E-state index contributed by atoms with van der Waals surface area (Å²) in [4.78, 5) is 23.8. The number of carbonyl (C=O) groups is 2. The second-order valence-electron chi connectivity index (χ2n) is 7.73. The Balaban J connectivity index is 1.78. The van der Waals surface area contributed by atoms with Crippen LogP contribution in [0.4, 0.5) is 0 Å². The molecule has 0 aliphatic carbocycles. The summed E-state index contributed by atoms with van der Waals surface area (Å²) in [6.07, 6.45) is 0. The molecule has 4 N–H and O–H groups in total. The third-order valence-corrected chi connectivity index (χ3v) is 5.72. The highest BCUT2D eigenvalue weighted by atomic mass is 16.1. The van der Waals surface area contributed by atoms with Gasteiger partial charge in [0.25, 0.3) is 0 Å². The number of fused-ring (bicyclic) bond motifs is 3. The molecule has 1 aromatic heterocycles. The number of aromatic nitrogens is 1. The van der Waals surface area contributed by atoms with E-state index in [2.05, 4.69) is 16.7 Å². The van der Waals surface area contributed by atoms with E-state index in [9.17, 15) is 9.59 Å². The van der Waals surface area contributed by atoms with Gasteiger partial charge in [0.2, 0.25) is 11.8 Å². The number of rotatable bonds is 5. The maximum absolute atomic E-state index is 12.2. The van der Waals surface area contributed by atoms with Crippen LogP contribution in [0.2, 0.25) is 0 Å². The molecule has 5 heteroatoms. The van der Waals surface area contributed by atoms with Gasteiger partial charge in [-0.25, -0.2) is 0 Å². The van der Waals surface area contributed by atoms with Crippen LogP contribution in [0.5, 0.6) is 0 Å². The number of primary amides is 2. The summed E-state index contributed by atoms with van der Waals surface area (Å²) in [6.45, 7) is 0.495. The van der Waals surface area contributed by atoms with Crippen LogP contribution in [0.1, 0.15) is 26.3 Å². The zero-order valence-electron chi connectivity index (χ0n) is 17.2. The summed E-state index contributed by atoms with van der Waals surface area (Å²) in [6, 6.07) is 30.3. The minimum atomic E-state index is -0.481. The fourth-order valence-corrected chi connectivity index (χ4v) is 4.23. The largest absolute Gasteiger partial charge is 0.366 e. The van der Waals surface area contributed by atoms with Gasteiger partial charge >= 0.3 is 0 Å². The summed E-state index contributed by atoms with van der Waals surface area (Å²) in [5, 5.41) is 1.61. The van der Waals surface area contributed by atoms with Gasteiger partial charge in [-0.05, 0) is 59.2 Å². The average molecular weight is 418 g/mol. The first kappa shape index (κ1) is 19.6. The van der Waals surface area contributed by atoms with Crippen LogP contribution < -0.4 is 11.5 Å². The average Bonchev–Trinajstić information content (AvgIpc) is 3.12. The molecule has 4 aromatic carbocycles. The lowest BCUT2D eigenvalue weighted by atomic mass is 10.0. The van der Waals surface area contributed by atoms with Crippen molar-refractivity contribution in [3.05, 3.63) is 108 Å². The van der Waals surface area contributed by atoms with Gasteiger partial charge in [0, 0.05) is 28.4 Å². The molecule has 5 nitrogen and oxygen atoms in total. The van der Waals surface area contributed by atoms with Gasteiger partial charge in [0.1, 0.15) is 0 Å². The highest BCUT2D eigenvalue weighted by Gasteiger charge is 2.17. The van der Waals surface area contributed by atoms with Crippen molar-refractivity contribution in [1.29, 1.82) is 0 Å². The molecule has 0 unspecified atom stereocenters. The van der Waals surface area contributed by atoms with E-state index in [1.165, 1.54) is 0 Å². The van der Waals surface area contributed by atoms with Gasteiger partial charge in [0.15, 0.2) is 0 Å². The Morgan fingerprint density at radius 1 is 0.781 bits per heavy atom. The molecule has 0 fully saturated rings. The van der Waals surface area contributed by atoms with Crippen molar-refractivity contribution < 1.29 is 9.59 Å². The number of nitrogens with zero attached hydrogens (tertiary/aromatic N) is 1. The molecule has 32 heavy (non-hydrogen) atoms. The zero-order chi connectivity index (χ0) is 22.2. The molecule has 0 aliphatic rings. The summed E-state index contributed by atoms with van der Waals surface area (Å²) in [5.74, 6) is -0.948. The molecular weight excluding hydrogens is 398 g/mol. The van der Waals surface area contributed by atoms with Crippen LogP contribution in [0.25, 0.3) is 32.9 Å². The number of hydrogen-bond acceptors (Lipinski definition) is 2. The van der Waals surface area contributed by atoms with Crippen LogP contribution in [0.15, 0.2) is 84.9 Å². The van der Waals surface area contributed by atoms with E-state index in [1.54, 1.807) is 18.2 Å². The summed E-state index contributed by atoms with van der Waals surface area (Å²) in [5.41, 5.74) is 16.9. The van der Waals surface area contributed by atoms with Crippen molar-refractivity contribution >= 4 is 33.6 Å². The smallest absolute Gasteiger partial charge is 0.249 e. The van der Waals surface area contributed by atoms with Crippen LogP contribution >= 0.6 is 0 Å². The minimum Gasteiger partial charge on any atom is -0.366 e. The Morgan fingerprint density at radius 2 is 1.56 bits per heavy atom. The molecule has 155 valence electrons. The molecular formula is C27H20N3O2. The third-order valence-electron chi connectivity index (χ3n) is 5.72. The maximum atomic E-state index is 12.2. The molecule has 1 radical (unpaired) electrons. The number of nitrogens with two attached hydrogens (primary N) is 2. The van der Waals surface area contributed by atoms with Gasteiger partial charge < -0.3 is 16.0 Å². The first-order valence-electron chi connectivity index (χ1n) is 10.2. The molecule has 1 heterocycles. The highest BCUT2D eigenvalue weighted by molar-refractivity contribution is 6.18. The third kappa shape index (κ3) is 3.30. The molecule has 5 rings (SSSR count). The molecule has 0 saturated carbocycles. The van der Waals surface area contributed by atoms with Crippen LogP contribution in [-0.4, -0.2) is 16.4 Å². The summed E-state index contributed by atoms with van der Waals surface area (Å²) >= 11 is 0. The van der Waals surface area contributed by atoms with E-state index in [4.69, 9.17) is 11.5 Å². The lowest BCUT2D eigenvalue weighted by molar-refractivity contribution is 0.0992. The standard InChI is InChI=1S/C27H20N3O2/c28-26(31)20-9-4-6-17(14-20)16-30-23-11-5-10-22(27(29)32)25(23)21-13-12-19(15-24(21)30)18-7-2-1-3-8-18/h1-12,14-15H,16H2,(H2,28,31)(H2,29,32). The molecule has 0 aliphatic heterocycles. The SMILES string of the molecule is NC(=O)c1cccc(Cn2c3cc(-c4ccccc4)c[c]c3c3c(C(N)=O)cccc32)c1. The van der Waals surface area contributed by atoms with E-state index < -0.39 is 11.8 Å². The predicted molar refractivity (Wildman–Crippen MR) is 126 cm³/mol. The Labute approximate surface area is 184 Å². The number of carbonyl (C=O) groups excluding carboxylic acids is 2. The fourth-order valence-electron chi connectivity index (χ4n) is 4.23. The van der Waals surface area contributed by atoms with Crippen molar-refractivity contribution in [2.45, 2.75) is 6.54 Å². The number of amides is 2. The van der Waals surface area contributed by atoms with Gasteiger partial charge in [-0.1, -0.05) is 48.5 Å². The topological polar surface area (TPSA) is 91.1 Å². The molecule has 0 bridgehead atoms. The minimum absolute atomic E-state index is 0.456. The van der Waals surface area contributed by atoms with Gasteiger partial charge in [0.05, 0.1) is 11.0 Å². The first-order chi connectivity index (χ1) is 15.5. The van der Waals surface area contributed by atoms with Gasteiger partial charge in [-0.3, -0.25) is 9.59 Å². The molecule has 2 amide bonds. The first-order valence-corrected chi connectivity index (χ1v) is 10.2. The molecule has 5 aromatic rings. The molecule has 0 saturated heterocycles.